The topological polar surface area (TPSA) is 54.6 Å². The number of fused-ring (bicyclic) bond motifs is 2. The molecule has 4 rings (SSSR count). The molecular formula is C20H19FN2O3. The van der Waals surface area contributed by atoms with Crippen LogP contribution in [-0.4, -0.2) is 36.6 Å². The number of carbonyl (C=O) groups is 1. The predicted molar refractivity (Wildman–Crippen MR) is 96.2 cm³/mol. The van der Waals surface area contributed by atoms with Gasteiger partial charge in [0.1, 0.15) is 11.5 Å². The van der Waals surface area contributed by atoms with Crippen molar-refractivity contribution in [1.82, 2.24) is 9.88 Å². The van der Waals surface area contributed by atoms with Gasteiger partial charge in [0.15, 0.2) is 11.5 Å². The predicted octanol–water partition coefficient (Wildman–Crippen LogP) is 3.52. The Hall–Kier alpha value is -3.02. The maximum Gasteiger partial charge on any atom is 0.270 e. The molecule has 2 aromatic carbocycles. The van der Waals surface area contributed by atoms with Crippen LogP contribution in [0.1, 0.15) is 21.6 Å². The molecule has 0 saturated carbocycles. The molecule has 0 saturated heterocycles. The summed E-state index contributed by atoms with van der Waals surface area (Å²) in [6.45, 7) is 1.11. The lowest BCUT2D eigenvalue weighted by Crippen LogP contribution is -2.36. The van der Waals surface area contributed by atoms with Crippen LogP contribution in [0.2, 0.25) is 0 Å². The van der Waals surface area contributed by atoms with Gasteiger partial charge in [0.05, 0.1) is 14.2 Å². The molecule has 0 atom stereocenters. The van der Waals surface area contributed by atoms with Gasteiger partial charge in [0.25, 0.3) is 5.91 Å². The Kier molecular flexibility index (Phi) is 4.03. The smallest absolute Gasteiger partial charge is 0.270 e. The van der Waals surface area contributed by atoms with E-state index in [2.05, 4.69) is 4.98 Å². The lowest BCUT2D eigenvalue weighted by Gasteiger charge is -2.29. The van der Waals surface area contributed by atoms with Crippen molar-refractivity contribution >= 4 is 16.8 Å². The summed E-state index contributed by atoms with van der Waals surface area (Å²) in [4.78, 5) is 17.7. The zero-order chi connectivity index (χ0) is 18.3. The summed E-state index contributed by atoms with van der Waals surface area (Å²) in [6.07, 6.45) is 0.746. The van der Waals surface area contributed by atoms with Crippen LogP contribution in [0.3, 0.4) is 0 Å². The molecule has 1 aliphatic rings. The molecule has 0 aliphatic carbocycles. The number of halogens is 1. The van der Waals surface area contributed by atoms with Crippen LogP contribution in [-0.2, 0) is 13.0 Å². The fourth-order valence-electron chi connectivity index (χ4n) is 3.44. The van der Waals surface area contributed by atoms with Crippen LogP contribution >= 0.6 is 0 Å². The first-order valence-electron chi connectivity index (χ1n) is 8.40. The van der Waals surface area contributed by atoms with E-state index in [0.29, 0.717) is 35.8 Å². The van der Waals surface area contributed by atoms with E-state index in [0.717, 1.165) is 22.9 Å². The molecule has 5 nitrogen and oxygen atoms in total. The summed E-state index contributed by atoms with van der Waals surface area (Å²) in [6, 6.07) is 10.1. The molecular weight excluding hydrogens is 335 g/mol. The van der Waals surface area contributed by atoms with Crippen LogP contribution in [0, 0.1) is 5.82 Å². The van der Waals surface area contributed by atoms with Gasteiger partial charge in [-0.1, -0.05) is 0 Å². The molecule has 0 unspecified atom stereocenters. The van der Waals surface area contributed by atoms with Gasteiger partial charge in [-0.2, -0.15) is 0 Å². The highest BCUT2D eigenvalue weighted by molar-refractivity contribution is 5.98. The Morgan fingerprint density at radius 1 is 1.08 bits per heavy atom. The lowest BCUT2D eigenvalue weighted by molar-refractivity contribution is 0.0729. The van der Waals surface area contributed by atoms with Crippen molar-refractivity contribution < 1.29 is 18.7 Å². The molecule has 0 radical (unpaired) electrons. The number of aromatic amines is 1. The molecule has 1 aromatic heterocycles. The first-order chi connectivity index (χ1) is 12.6. The second-order valence-electron chi connectivity index (χ2n) is 6.37. The van der Waals surface area contributed by atoms with Crippen molar-refractivity contribution in [3.05, 3.63) is 59.0 Å². The van der Waals surface area contributed by atoms with Gasteiger partial charge in [0, 0.05) is 24.0 Å². The third kappa shape index (κ3) is 2.77. The Morgan fingerprint density at radius 2 is 1.81 bits per heavy atom. The summed E-state index contributed by atoms with van der Waals surface area (Å²) < 4.78 is 24.1. The molecule has 0 spiro atoms. The summed E-state index contributed by atoms with van der Waals surface area (Å²) in [5, 5.41) is 0.818. The number of hydrogen-bond acceptors (Lipinski definition) is 3. The van der Waals surface area contributed by atoms with Crippen molar-refractivity contribution in [3.63, 3.8) is 0 Å². The fourth-order valence-corrected chi connectivity index (χ4v) is 3.44. The van der Waals surface area contributed by atoms with Crippen molar-refractivity contribution in [3.8, 4) is 11.5 Å². The highest BCUT2D eigenvalue weighted by Crippen LogP contribution is 2.33. The van der Waals surface area contributed by atoms with Crippen molar-refractivity contribution in [2.75, 3.05) is 20.8 Å². The molecule has 0 fully saturated rings. The van der Waals surface area contributed by atoms with Gasteiger partial charge >= 0.3 is 0 Å². The lowest BCUT2D eigenvalue weighted by atomic mass is 9.98. The van der Waals surface area contributed by atoms with Crippen molar-refractivity contribution in [1.29, 1.82) is 0 Å². The second-order valence-corrected chi connectivity index (χ2v) is 6.37. The average Bonchev–Trinajstić information content (AvgIpc) is 3.08. The highest BCUT2D eigenvalue weighted by Gasteiger charge is 2.24. The number of hydrogen-bond donors (Lipinski definition) is 1. The zero-order valence-corrected chi connectivity index (χ0v) is 14.6. The number of nitrogens with zero attached hydrogens (tertiary/aromatic N) is 1. The number of benzene rings is 2. The van der Waals surface area contributed by atoms with Gasteiger partial charge in [-0.15, -0.1) is 0 Å². The van der Waals surface area contributed by atoms with E-state index >= 15 is 0 Å². The van der Waals surface area contributed by atoms with Crippen molar-refractivity contribution in [2.24, 2.45) is 0 Å². The van der Waals surface area contributed by atoms with Crippen LogP contribution < -0.4 is 9.47 Å². The Labute approximate surface area is 150 Å². The van der Waals surface area contributed by atoms with E-state index < -0.39 is 0 Å². The van der Waals surface area contributed by atoms with Crippen LogP contribution in [0.5, 0.6) is 11.5 Å². The minimum absolute atomic E-state index is 0.0953. The number of H-pyrrole nitrogens is 1. The molecule has 134 valence electrons. The maximum absolute atomic E-state index is 13.4. The van der Waals surface area contributed by atoms with Gasteiger partial charge in [-0.05, 0) is 53.9 Å². The molecule has 3 aromatic rings. The molecule has 6 heteroatoms. The van der Waals surface area contributed by atoms with E-state index in [9.17, 15) is 9.18 Å². The monoisotopic (exact) mass is 354 g/mol. The first-order valence-corrected chi connectivity index (χ1v) is 8.40. The normalized spacial score (nSPS) is 13.6. The Morgan fingerprint density at radius 3 is 2.54 bits per heavy atom. The van der Waals surface area contributed by atoms with E-state index in [1.54, 1.807) is 31.3 Å². The summed E-state index contributed by atoms with van der Waals surface area (Å²) in [5.41, 5.74) is 3.29. The zero-order valence-electron chi connectivity index (χ0n) is 14.6. The fraction of sp³-hybridized carbons (Fsp3) is 0.250. The third-order valence-corrected chi connectivity index (χ3v) is 4.82. The Balaban J connectivity index is 1.62. The minimum atomic E-state index is -0.328. The van der Waals surface area contributed by atoms with Crippen molar-refractivity contribution in [2.45, 2.75) is 13.0 Å². The van der Waals surface area contributed by atoms with Gasteiger partial charge in [-0.25, -0.2) is 4.39 Å². The van der Waals surface area contributed by atoms with Crippen LogP contribution in [0.15, 0.2) is 36.4 Å². The number of ether oxygens (including phenoxy) is 2. The van der Waals surface area contributed by atoms with Gasteiger partial charge in [0.2, 0.25) is 0 Å². The molecule has 2 heterocycles. The molecule has 0 bridgehead atoms. The van der Waals surface area contributed by atoms with Gasteiger partial charge < -0.3 is 19.4 Å². The standard InChI is InChI=1S/C20H19FN2O3/c1-25-18-8-12-5-6-23(11-14(12)9-19(18)26-2)20(24)17-7-13-3-4-15(21)10-16(13)22-17/h3-4,7-10,22H,5-6,11H2,1-2H3. The van der Waals surface area contributed by atoms with Gasteiger partial charge in [-0.3, -0.25) is 4.79 Å². The number of carbonyl (C=O) groups excluding carboxylic acids is 1. The largest absolute Gasteiger partial charge is 0.493 e. The number of rotatable bonds is 3. The average molecular weight is 354 g/mol. The maximum atomic E-state index is 13.4. The molecule has 26 heavy (non-hydrogen) atoms. The van der Waals surface area contributed by atoms with E-state index in [1.807, 2.05) is 12.1 Å². The van der Waals surface area contributed by atoms with E-state index in [4.69, 9.17) is 9.47 Å². The first kappa shape index (κ1) is 16.4. The molecule has 1 aliphatic heterocycles. The molecule has 1 N–H and O–H groups in total. The number of aromatic nitrogens is 1. The number of nitrogens with one attached hydrogen (secondary N) is 1. The number of amides is 1. The van der Waals surface area contributed by atoms with Crippen LogP contribution in [0.25, 0.3) is 10.9 Å². The SMILES string of the molecule is COc1cc2c(cc1OC)CN(C(=O)c1cc3ccc(F)cc3[nH]1)CC2. The Bertz CT molecular complexity index is 996. The van der Waals surface area contributed by atoms with Crippen LogP contribution in [0.4, 0.5) is 4.39 Å². The number of methoxy groups -OCH3 is 2. The second kappa shape index (κ2) is 6.37. The summed E-state index contributed by atoms with van der Waals surface area (Å²) in [7, 11) is 3.21. The molecule has 1 amide bonds. The quantitative estimate of drug-likeness (QED) is 0.783. The highest BCUT2D eigenvalue weighted by atomic mass is 19.1. The third-order valence-electron chi connectivity index (χ3n) is 4.82. The van der Waals surface area contributed by atoms with E-state index in [-0.39, 0.29) is 11.7 Å². The summed E-state index contributed by atoms with van der Waals surface area (Å²) in [5.74, 6) is 0.929. The summed E-state index contributed by atoms with van der Waals surface area (Å²) >= 11 is 0. The minimum Gasteiger partial charge on any atom is -0.493 e. The van der Waals surface area contributed by atoms with E-state index in [1.165, 1.54) is 12.1 Å².